The van der Waals surface area contributed by atoms with Gasteiger partial charge < -0.3 is 23.7 Å². The van der Waals surface area contributed by atoms with Crippen LogP contribution >= 0.6 is 0 Å². The smallest absolute Gasteiger partial charge is 0.405 e. The molecule has 3 aliphatic heterocycles. The summed E-state index contributed by atoms with van der Waals surface area (Å²) in [7, 11) is -5.83. The van der Waals surface area contributed by atoms with E-state index in [1.165, 1.54) is 0 Å². The van der Waals surface area contributed by atoms with Gasteiger partial charge in [-0.1, -0.05) is 13.8 Å². The van der Waals surface area contributed by atoms with Crippen LogP contribution in [0, 0.1) is 29.6 Å². The molecule has 2 saturated carbocycles. The average molecular weight is 623 g/mol. The fraction of sp³-hybridized carbons (Fsp3) is 0.852. The quantitative estimate of drug-likeness (QED) is 0.192. The Morgan fingerprint density at radius 1 is 1.07 bits per heavy atom. The second-order valence-electron chi connectivity index (χ2n) is 12.0. The summed E-state index contributed by atoms with van der Waals surface area (Å²) in [6.45, 7) is 4.51. The molecular formula is C27H36F2O12S. The van der Waals surface area contributed by atoms with Crippen molar-refractivity contribution in [3.8, 4) is 0 Å². The summed E-state index contributed by atoms with van der Waals surface area (Å²) in [6, 6.07) is 0. The molecule has 1 N–H and O–H groups in total. The number of carbonyl (C=O) groups is 4. The first-order chi connectivity index (χ1) is 19.6. The van der Waals surface area contributed by atoms with Crippen LogP contribution in [0.5, 0.6) is 0 Å². The molecule has 5 fully saturated rings. The SMILES string of the molecule is CCC(CC)(OC(=O)C1C2CC3C(OC(=O)C31)C2OC(=O)CCC(=O)OC(C)C(F)(F)S(=O)(=O)O)C1CC2CCC1O2. The largest absolute Gasteiger partial charge is 0.458 e. The van der Waals surface area contributed by atoms with Gasteiger partial charge in [-0.2, -0.15) is 17.2 Å². The van der Waals surface area contributed by atoms with E-state index in [4.69, 9.17) is 23.5 Å². The van der Waals surface area contributed by atoms with E-state index in [9.17, 15) is 36.4 Å². The van der Waals surface area contributed by atoms with Gasteiger partial charge in [-0.3, -0.25) is 23.7 Å². The number of rotatable bonds is 12. The molecule has 3 saturated heterocycles. The summed E-state index contributed by atoms with van der Waals surface area (Å²) in [5.41, 5.74) is -0.753. The van der Waals surface area contributed by atoms with E-state index in [-0.39, 0.29) is 24.0 Å². The lowest BCUT2D eigenvalue weighted by Crippen LogP contribution is -2.50. The van der Waals surface area contributed by atoms with E-state index in [0.29, 0.717) is 26.2 Å². The highest BCUT2D eigenvalue weighted by molar-refractivity contribution is 7.86. The lowest BCUT2D eigenvalue weighted by molar-refractivity contribution is -0.183. The minimum Gasteiger partial charge on any atom is -0.458 e. The van der Waals surface area contributed by atoms with Gasteiger partial charge in [-0.25, -0.2) is 0 Å². The number of alkyl halides is 2. The molecule has 42 heavy (non-hydrogen) atoms. The monoisotopic (exact) mass is 622 g/mol. The summed E-state index contributed by atoms with van der Waals surface area (Å²) in [4.78, 5) is 51.2. The van der Waals surface area contributed by atoms with Crippen LogP contribution in [0.25, 0.3) is 0 Å². The molecular weight excluding hydrogens is 586 g/mol. The predicted molar refractivity (Wildman–Crippen MR) is 135 cm³/mol. The zero-order chi connectivity index (χ0) is 30.8. The first-order valence-electron chi connectivity index (χ1n) is 14.5. The Bertz CT molecular complexity index is 1230. The molecule has 5 aliphatic rings. The number of carbonyl (C=O) groups excluding carboxylic acids is 4. The van der Waals surface area contributed by atoms with Crippen molar-refractivity contribution >= 4 is 34.0 Å². The molecule has 4 bridgehead atoms. The Morgan fingerprint density at radius 2 is 1.74 bits per heavy atom. The predicted octanol–water partition coefficient (Wildman–Crippen LogP) is 2.57. The Balaban J connectivity index is 1.22. The normalized spacial score (nSPS) is 35.7. The third-order valence-corrected chi connectivity index (χ3v) is 11.0. The van der Waals surface area contributed by atoms with Gasteiger partial charge in [0.2, 0.25) is 0 Å². The van der Waals surface area contributed by atoms with Crippen LogP contribution in [0.4, 0.5) is 8.78 Å². The van der Waals surface area contributed by atoms with Gasteiger partial charge in [0.25, 0.3) is 0 Å². The van der Waals surface area contributed by atoms with Gasteiger partial charge in [0.1, 0.15) is 17.8 Å². The number of hydrogen-bond donors (Lipinski definition) is 1. The van der Waals surface area contributed by atoms with E-state index in [0.717, 1.165) is 19.3 Å². The molecule has 0 aromatic heterocycles. The summed E-state index contributed by atoms with van der Waals surface area (Å²) in [5, 5.41) is -4.74. The lowest BCUT2D eigenvalue weighted by Gasteiger charge is -2.41. The van der Waals surface area contributed by atoms with Gasteiger partial charge >= 0.3 is 39.2 Å². The molecule has 0 aromatic carbocycles. The number of fused-ring (bicyclic) bond motifs is 3. The maximum atomic E-state index is 13.8. The van der Waals surface area contributed by atoms with Crippen LogP contribution in [0.1, 0.15) is 72.1 Å². The van der Waals surface area contributed by atoms with E-state index in [1.54, 1.807) is 0 Å². The zero-order valence-electron chi connectivity index (χ0n) is 23.5. The molecule has 0 amide bonds. The van der Waals surface area contributed by atoms with Crippen molar-refractivity contribution < 1.29 is 64.6 Å². The highest BCUT2D eigenvalue weighted by Gasteiger charge is 2.70. The third kappa shape index (κ3) is 5.08. The number of hydrogen-bond acceptors (Lipinski definition) is 11. The molecule has 2 aliphatic carbocycles. The molecule has 10 unspecified atom stereocenters. The van der Waals surface area contributed by atoms with Gasteiger partial charge in [-0.15, -0.1) is 0 Å². The molecule has 5 rings (SSSR count). The summed E-state index contributed by atoms with van der Waals surface area (Å²) in [5.74, 6) is -5.72. The lowest BCUT2D eigenvalue weighted by atomic mass is 9.73. The van der Waals surface area contributed by atoms with Crippen molar-refractivity contribution in [1.82, 2.24) is 0 Å². The topological polar surface area (TPSA) is 169 Å². The number of ether oxygens (including phenoxy) is 5. The molecule has 0 radical (unpaired) electrons. The molecule has 236 valence electrons. The number of esters is 4. The van der Waals surface area contributed by atoms with Crippen LogP contribution in [-0.4, -0.2) is 78.2 Å². The van der Waals surface area contributed by atoms with Crippen molar-refractivity contribution in [3.05, 3.63) is 0 Å². The summed E-state index contributed by atoms with van der Waals surface area (Å²) >= 11 is 0. The van der Waals surface area contributed by atoms with Crippen molar-refractivity contribution in [2.45, 2.75) is 114 Å². The van der Waals surface area contributed by atoms with Gasteiger partial charge in [0.15, 0.2) is 6.10 Å². The second-order valence-corrected chi connectivity index (χ2v) is 13.5. The van der Waals surface area contributed by atoms with Crippen molar-refractivity contribution in [1.29, 1.82) is 0 Å². The van der Waals surface area contributed by atoms with Crippen LogP contribution in [0.3, 0.4) is 0 Å². The van der Waals surface area contributed by atoms with Gasteiger partial charge in [0, 0.05) is 17.8 Å². The Morgan fingerprint density at radius 3 is 2.31 bits per heavy atom. The van der Waals surface area contributed by atoms with Gasteiger partial charge in [0.05, 0.1) is 36.9 Å². The maximum Gasteiger partial charge on any atom is 0.405 e. The highest BCUT2D eigenvalue weighted by Crippen LogP contribution is 2.59. The minimum absolute atomic E-state index is 0.0196. The molecule has 0 aromatic rings. The average Bonchev–Trinajstić information content (AvgIpc) is 3.73. The van der Waals surface area contributed by atoms with E-state index < -0.39 is 93.8 Å². The van der Waals surface area contributed by atoms with Crippen LogP contribution in [0.2, 0.25) is 0 Å². The Kier molecular flexibility index (Phi) is 8.10. The zero-order valence-corrected chi connectivity index (χ0v) is 24.3. The van der Waals surface area contributed by atoms with Crippen LogP contribution in [-0.2, 0) is 53.0 Å². The van der Waals surface area contributed by atoms with Crippen molar-refractivity contribution in [3.63, 3.8) is 0 Å². The second kappa shape index (κ2) is 11.0. The Labute approximate surface area is 241 Å². The van der Waals surface area contributed by atoms with E-state index >= 15 is 0 Å². The van der Waals surface area contributed by atoms with Crippen molar-refractivity contribution in [2.75, 3.05) is 0 Å². The van der Waals surface area contributed by atoms with Crippen LogP contribution < -0.4 is 0 Å². The fourth-order valence-corrected chi connectivity index (χ4v) is 8.34. The van der Waals surface area contributed by atoms with E-state index in [2.05, 4.69) is 4.74 Å². The molecule has 10 atom stereocenters. The Hall–Kier alpha value is -2.39. The third-order valence-electron chi connectivity index (χ3n) is 10.0. The fourth-order valence-electron chi connectivity index (χ4n) is 7.87. The standard InChI is InChI=1S/C27H36F2O12S/c1-4-26(5-2,16-10-13-6-7-17(16)38-13)41-25(33)21-15-11-14-20(21)24(32)40-23(14)22(15)39-19(31)9-8-18(30)37-12(3)27(28,29)42(34,35)36/h12-17,20-23H,4-11H2,1-3H3,(H,34,35,36). The van der Waals surface area contributed by atoms with Crippen molar-refractivity contribution in [2.24, 2.45) is 29.6 Å². The van der Waals surface area contributed by atoms with Gasteiger partial charge in [-0.05, 0) is 45.4 Å². The molecule has 0 spiro atoms. The first-order valence-corrected chi connectivity index (χ1v) is 15.9. The molecule has 15 heteroatoms. The molecule has 12 nitrogen and oxygen atoms in total. The van der Waals surface area contributed by atoms with Crippen LogP contribution in [0.15, 0.2) is 0 Å². The maximum absolute atomic E-state index is 13.8. The van der Waals surface area contributed by atoms with E-state index in [1.807, 2.05) is 13.8 Å². The number of halogens is 2. The minimum atomic E-state index is -5.83. The summed E-state index contributed by atoms with van der Waals surface area (Å²) in [6.07, 6.45) is -1.08. The highest BCUT2D eigenvalue weighted by atomic mass is 32.2. The summed E-state index contributed by atoms with van der Waals surface area (Å²) < 4.78 is 85.4. The molecule has 3 heterocycles. The first kappa shape index (κ1) is 31.0.